The maximum Gasteiger partial charge on any atom is 0.272 e. The number of aromatic nitrogens is 3. The highest BCUT2D eigenvalue weighted by atomic mass is 79.9. The fraction of sp³-hybridized carbons (Fsp3) is 0.385. The van der Waals surface area contributed by atoms with E-state index in [2.05, 4.69) is 40.0 Å². The van der Waals surface area contributed by atoms with Gasteiger partial charge in [-0.3, -0.25) is 10.1 Å². The smallest absolute Gasteiger partial charge is 0.272 e. The van der Waals surface area contributed by atoms with Crippen molar-refractivity contribution in [2.45, 2.75) is 32.1 Å². The molecule has 20 heavy (non-hydrogen) atoms. The van der Waals surface area contributed by atoms with Crippen molar-refractivity contribution in [3.63, 3.8) is 0 Å². The van der Waals surface area contributed by atoms with Crippen LogP contribution in [0.1, 0.15) is 31.3 Å². The van der Waals surface area contributed by atoms with Gasteiger partial charge in [-0.15, -0.1) is 10.2 Å². The Morgan fingerprint density at radius 2 is 2.10 bits per heavy atom. The van der Waals surface area contributed by atoms with Gasteiger partial charge in [-0.1, -0.05) is 15.9 Å². The molecule has 0 atom stereocenters. The van der Waals surface area contributed by atoms with Gasteiger partial charge in [0, 0.05) is 23.2 Å². The number of rotatable bonds is 4. The molecule has 1 aromatic heterocycles. The van der Waals surface area contributed by atoms with E-state index in [1.54, 1.807) is 19.1 Å². The van der Waals surface area contributed by atoms with E-state index in [1.165, 1.54) is 6.07 Å². The molecule has 0 saturated carbocycles. The van der Waals surface area contributed by atoms with Gasteiger partial charge in [0.2, 0.25) is 0 Å². The lowest BCUT2D eigenvalue weighted by molar-refractivity contribution is -0.385. The minimum atomic E-state index is -0.379. The van der Waals surface area contributed by atoms with Crippen molar-refractivity contribution in [2.75, 3.05) is 0 Å². The molecule has 0 unspecified atom stereocenters. The SMILES string of the molecule is Cc1cc(-c2nnc(CBr)n2C(C)C)ccc1[N+](=O)[O-]. The largest absolute Gasteiger partial charge is 0.308 e. The van der Waals surface area contributed by atoms with Crippen LogP contribution in [0.4, 0.5) is 5.69 Å². The number of aryl methyl sites for hydroxylation is 1. The van der Waals surface area contributed by atoms with Gasteiger partial charge in [0.1, 0.15) is 5.82 Å². The number of alkyl halides is 1. The van der Waals surface area contributed by atoms with Crippen LogP contribution < -0.4 is 0 Å². The van der Waals surface area contributed by atoms with Crippen LogP contribution >= 0.6 is 15.9 Å². The van der Waals surface area contributed by atoms with Crippen LogP contribution in [0.3, 0.4) is 0 Å². The molecule has 0 aliphatic rings. The van der Waals surface area contributed by atoms with Gasteiger partial charge >= 0.3 is 0 Å². The van der Waals surface area contributed by atoms with E-state index in [0.29, 0.717) is 10.9 Å². The van der Waals surface area contributed by atoms with E-state index in [4.69, 9.17) is 0 Å². The van der Waals surface area contributed by atoms with Crippen LogP contribution in [0.2, 0.25) is 0 Å². The van der Waals surface area contributed by atoms with Gasteiger partial charge in [0.25, 0.3) is 5.69 Å². The predicted molar refractivity (Wildman–Crippen MR) is 79.9 cm³/mol. The van der Waals surface area contributed by atoms with Gasteiger partial charge in [-0.2, -0.15) is 0 Å². The summed E-state index contributed by atoms with van der Waals surface area (Å²) in [4.78, 5) is 10.5. The number of hydrogen-bond acceptors (Lipinski definition) is 4. The Hall–Kier alpha value is -1.76. The van der Waals surface area contributed by atoms with Crippen molar-refractivity contribution in [1.82, 2.24) is 14.8 Å². The summed E-state index contributed by atoms with van der Waals surface area (Å²) >= 11 is 3.40. The Labute approximate surface area is 125 Å². The second kappa shape index (κ2) is 5.70. The average Bonchev–Trinajstić information content (AvgIpc) is 2.81. The Kier molecular flexibility index (Phi) is 4.17. The molecule has 0 saturated heterocycles. The zero-order chi connectivity index (χ0) is 14.9. The molecule has 0 amide bonds. The molecule has 106 valence electrons. The topological polar surface area (TPSA) is 73.8 Å². The normalized spacial score (nSPS) is 11.1. The molecular formula is C13H15BrN4O2. The summed E-state index contributed by atoms with van der Waals surface area (Å²) in [7, 11) is 0. The lowest BCUT2D eigenvalue weighted by atomic mass is 10.1. The number of nitro benzene ring substituents is 1. The van der Waals surface area contributed by atoms with Crippen molar-refractivity contribution < 1.29 is 4.92 Å². The molecule has 2 rings (SSSR count). The summed E-state index contributed by atoms with van der Waals surface area (Å²) in [6, 6.07) is 5.21. The molecule has 1 heterocycles. The summed E-state index contributed by atoms with van der Waals surface area (Å²) in [5, 5.41) is 19.8. The van der Waals surface area contributed by atoms with Crippen molar-refractivity contribution >= 4 is 21.6 Å². The van der Waals surface area contributed by atoms with E-state index < -0.39 is 0 Å². The maximum atomic E-state index is 10.9. The minimum absolute atomic E-state index is 0.116. The minimum Gasteiger partial charge on any atom is -0.308 e. The zero-order valence-electron chi connectivity index (χ0n) is 11.5. The van der Waals surface area contributed by atoms with Crippen LogP contribution in [0.25, 0.3) is 11.4 Å². The molecule has 0 bridgehead atoms. The van der Waals surface area contributed by atoms with Gasteiger partial charge in [-0.25, -0.2) is 0 Å². The van der Waals surface area contributed by atoms with Crippen LogP contribution in [0, 0.1) is 17.0 Å². The standard InChI is InChI=1S/C13H15BrN4O2/c1-8(2)17-12(7-14)15-16-13(17)10-4-5-11(18(19)20)9(3)6-10/h4-6,8H,7H2,1-3H3. The predicted octanol–water partition coefficient (Wildman–Crippen LogP) is 3.64. The molecule has 0 N–H and O–H groups in total. The first-order valence-corrected chi connectivity index (χ1v) is 7.33. The quantitative estimate of drug-likeness (QED) is 0.484. The molecular weight excluding hydrogens is 324 g/mol. The van der Waals surface area contributed by atoms with Crippen LogP contribution in [0.15, 0.2) is 18.2 Å². The van der Waals surface area contributed by atoms with Crippen molar-refractivity contribution in [3.05, 3.63) is 39.7 Å². The Bertz CT molecular complexity index is 652. The summed E-state index contributed by atoms with van der Waals surface area (Å²) in [5.41, 5.74) is 1.57. The molecule has 1 aromatic carbocycles. The fourth-order valence-electron chi connectivity index (χ4n) is 2.15. The monoisotopic (exact) mass is 338 g/mol. The summed E-state index contributed by atoms with van der Waals surface area (Å²) in [6.45, 7) is 5.83. The molecule has 0 aliphatic carbocycles. The Balaban J connectivity index is 2.55. The van der Waals surface area contributed by atoms with Crippen molar-refractivity contribution in [3.8, 4) is 11.4 Å². The number of halogens is 1. The van der Waals surface area contributed by atoms with Gasteiger partial charge in [0.15, 0.2) is 5.82 Å². The third-order valence-electron chi connectivity index (χ3n) is 3.05. The van der Waals surface area contributed by atoms with E-state index in [9.17, 15) is 10.1 Å². The van der Waals surface area contributed by atoms with Gasteiger partial charge in [0.05, 0.1) is 10.3 Å². The summed E-state index contributed by atoms with van der Waals surface area (Å²) in [6.07, 6.45) is 0. The number of hydrogen-bond donors (Lipinski definition) is 0. The Morgan fingerprint density at radius 3 is 2.60 bits per heavy atom. The molecule has 2 aromatic rings. The molecule has 0 aliphatic heterocycles. The van der Waals surface area contributed by atoms with Gasteiger partial charge in [-0.05, 0) is 32.9 Å². The van der Waals surface area contributed by atoms with Crippen LogP contribution in [-0.4, -0.2) is 19.7 Å². The first kappa shape index (κ1) is 14.6. The van der Waals surface area contributed by atoms with Crippen molar-refractivity contribution in [2.24, 2.45) is 0 Å². The van der Waals surface area contributed by atoms with E-state index in [-0.39, 0.29) is 16.7 Å². The second-order valence-corrected chi connectivity index (χ2v) is 5.36. The lowest BCUT2D eigenvalue weighted by Gasteiger charge is -2.13. The molecule has 7 heteroatoms. The van der Waals surface area contributed by atoms with Crippen LogP contribution in [0.5, 0.6) is 0 Å². The first-order valence-electron chi connectivity index (χ1n) is 6.20. The lowest BCUT2D eigenvalue weighted by Crippen LogP contribution is -2.07. The first-order chi connectivity index (χ1) is 9.45. The number of nitro groups is 1. The highest BCUT2D eigenvalue weighted by Gasteiger charge is 2.18. The van der Waals surface area contributed by atoms with Crippen molar-refractivity contribution in [1.29, 1.82) is 0 Å². The highest BCUT2D eigenvalue weighted by Crippen LogP contribution is 2.27. The molecule has 0 radical (unpaired) electrons. The summed E-state index contributed by atoms with van der Waals surface area (Å²) < 4.78 is 2.02. The number of nitrogens with zero attached hydrogens (tertiary/aromatic N) is 4. The van der Waals surface area contributed by atoms with E-state index >= 15 is 0 Å². The zero-order valence-corrected chi connectivity index (χ0v) is 13.1. The molecule has 0 fully saturated rings. The summed E-state index contributed by atoms with van der Waals surface area (Å²) in [5.74, 6) is 1.57. The van der Waals surface area contributed by atoms with Gasteiger partial charge < -0.3 is 4.57 Å². The Morgan fingerprint density at radius 1 is 1.40 bits per heavy atom. The second-order valence-electron chi connectivity index (χ2n) is 4.80. The molecule has 0 spiro atoms. The maximum absolute atomic E-state index is 10.9. The third-order valence-corrected chi connectivity index (χ3v) is 3.56. The third kappa shape index (κ3) is 2.58. The molecule has 6 nitrogen and oxygen atoms in total. The van der Waals surface area contributed by atoms with E-state index in [0.717, 1.165) is 17.2 Å². The number of benzene rings is 1. The van der Waals surface area contributed by atoms with Crippen LogP contribution in [-0.2, 0) is 5.33 Å². The van der Waals surface area contributed by atoms with E-state index in [1.807, 2.05) is 4.57 Å². The highest BCUT2D eigenvalue weighted by molar-refractivity contribution is 9.08. The average molecular weight is 339 g/mol. The fourth-order valence-corrected chi connectivity index (χ4v) is 2.54.